The van der Waals surface area contributed by atoms with E-state index in [2.05, 4.69) is 154 Å². The van der Waals surface area contributed by atoms with Crippen LogP contribution in [0.4, 0.5) is 0 Å². The highest BCUT2D eigenvalue weighted by Gasteiger charge is 2.67. The molecule has 0 spiro atoms. The molecule has 0 radical (unpaired) electrons. The molecule has 2 N–H and O–H groups in total. The fraction of sp³-hybridized carbons (Fsp3) is 0.525. The van der Waals surface area contributed by atoms with Crippen molar-refractivity contribution < 1.29 is 10.2 Å². The second kappa shape index (κ2) is 14.1. The van der Waals surface area contributed by atoms with E-state index in [-0.39, 0.29) is 27.6 Å². The number of phenolic OH excluding ortho intramolecular Hbond substituents is 2. The average Bonchev–Trinajstić information content (AvgIpc) is 3.19. The Bertz CT molecular complexity index is 2690. The number of aromatic nitrogens is 1. The maximum Gasteiger partial charge on any atom is 0.127 e. The molecule has 8 aliphatic rings. The van der Waals surface area contributed by atoms with Crippen molar-refractivity contribution in [3.8, 4) is 45.0 Å². The van der Waals surface area contributed by atoms with Crippen LogP contribution in [0.15, 0.2) is 84.9 Å². The van der Waals surface area contributed by atoms with E-state index in [0.29, 0.717) is 40.1 Å². The van der Waals surface area contributed by atoms with Crippen molar-refractivity contribution in [1.82, 2.24) is 4.98 Å². The minimum atomic E-state index is -0.255. The zero-order valence-electron chi connectivity index (χ0n) is 40.6. The molecule has 0 aliphatic heterocycles. The monoisotopic (exact) mass is 852 g/mol. The number of phenols is 2. The summed E-state index contributed by atoms with van der Waals surface area (Å²) >= 11 is 0. The number of benzene rings is 4. The van der Waals surface area contributed by atoms with Crippen LogP contribution in [0.3, 0.4) is 0 Å². The molecule has 8 saturated carbocycles. The van der Waals surface area contributed by atoms with Crippen LogP contribution in [0.5, 0.6) is 11.5 Å². The number of rotatable bonds is 8. The van der Waals surface area contributed by atoms with Gasteiger partial charge in [-0.05, 0) is 194 Å². The summed E-state index contributed by atoms with van der Waals surface area (Å²) in [5, 5.41) is 25.5. The molecular weight excluding hydrogens is 779 g/mol. The van der Waals surface area contributed by atoms with Crippen molar-refractivity contribution in [2.24, 2.45) is 33.5 Å². The third-order valence-electron chi connectivity index (χ3n) is 18.5. The molecule has 13 rings (SSSR count). The molecule has 0 saturated heterocycles. The van der Waals surface area contributed by atoms with Crippen molar-refractivity contribution in [3.05, 3.63) is 124 Å². The minimum Gasteiger partial charge on any atom is -0.507 e. The smallest absolute Gasteiger partial charge is 0.127 e. The highest BCUT2D eigenvalue weighted by molar-refractivity contribution is 5.87. The molecule has 334 valence electrons. The van der Waals surface area contributed by atoms with Gasteiger partial charge in [-0.15, -0.1) is 0 Å². The van der Waals surface area contributed by atoms with E-state index in [1.54, 1.807) is 0 Å². The Morgan fingerprint density at radius 3 is 1.77 bits per heavy atom. The molecule has 8 fully saturated rings. The van der Waals surface area contributed by atoms with Crippen molar-refractivity contribution >= 4 is 0 Å². The van der Waals surface area contributed by atoms with Crippen molar-refractivity contribution in [2.75, 3.05) is 0 Å². The van der Waals surface area contributed by atoms with E-state index in [1.165, 1.54) is 85.6 Å². The van der Waals surface area contributed by atoms with Crippen LogP contribution in [0, 0.1) is 47.3 Å². The SMILES string of the molecule is Cc1cc(-c2ccc(C(C)C)cc2-c2cccc(C3[C@]4(C)C[C@H]5C[C@@](C)(C4)C[C@]3(c3cc(C)cc(-c4ccc(C(C)C)cc4)c3O)C5)n2)c(O)c(C23CC4C[C@@](C)(C2)C[C@](C)(C4)C3)c1. The highest BCUT2D eigenvalue weighted by atomic mass is 16.3. The van der Waals surface area contributed by atoms with Crippen LogP contribution in [0.2, 0.25) is 0 Å². The molecule has 3 heteroatoms. The van der Waals surface area contributed by atoms with Gasteiger partial charge in [-0.25, -0.2) is 0 Å². The molecule has 0 amide bonds. The molecule has 5 aromatic rings. The normalized spacial score (nSPS) is 34.7. The van der Waals surface area contributed by atoms with Gasteiger partial charge in [0.25, 0.3) is 0 Å². The van der Waals surface area contributed by atoms with Gasteiger partial charge in [0.05, 0.1) is 5.69 Å². The number of nitrogens with zero attached hydrogens (tertiary/aromatic N) is 1. The van der Waals surface area contributed by atoms with Gasteiger partial charge in [-0.3, -0.25) is 4.98 Å². The topological polar surface area (TPSA) is 53.4 Å². The van der Waals surface area contributed by atoms with Gasteiger partial charge >= 0.3 is 0 Å². The molecule has 8 bridgehead atoms. The summed E-state index contributed by atoms with van der Waals surface area (Å²) in [4.78, 5) is 5.86. The summed E-state index contributed by atoms with van der Waals surface area (Å²) in [6.07, 6.45) is 13.3. The molecule has 9 atom stereocenters. The minimum absolute atomic E-state index is 0.0165. The zero-order chi connectivity index (χ0) is 44.9. The number of aromatic hydroxyl groups is 2. The van der Waals surface area contributed by atoms with E-state index < -0.39 is 0 Å². The number of aryl methyl sites for hydroxylation is 2. The molecule has 1 aromatic heterocycles. The third-order valence-corrected chi connectivity index (χ3v) is 18.5. The van der Waals surface area contributed by atoms with Crippen LogP contribution in [0.25, 0.3) is 33.5 Å². The predicted octanol–water partition coefficient (Wildman–Crippen LogP) is 16.2. The lowest BCUT2D eigenvalue weighted by Crippen LogP contribution is -2.61. The van der Waals surface area contributed by atoms with Gasteiger partial charge in [-0.2, -0.15) is 0 Å². The Kier molecular flexibility index (Phi) is 9.30. The van der Waals surface area contributed by atoms with Gasteiger partial charge < -0.3 is 10.2 Å². The van der Waals surface area contributed by atoms with E-state index in [9.17, 15) is 10.2 Å². The van der Waals surface area contributed by atoms with Crippen LogP contribution >= 0.6 is 0 Å². The van der Waals surface area contributed by atoms with Gasteiger partial charge in [0.1, 0.15) is 11.5 Å². The Morgan fingerprint density at radius 2 is 1.12 bits per heavy atom. The van der Waals surface area contributed by atoms with E-state index >= 15 is 0 Å². The maximum absolute atomic E-state index is 12.8. The Hall–Kier alpha value is -4.37. The van der Waals surface area contributed by atoms with Crippen LogP contribution in [-0.4, -0.2) is 15.2 Å². The van der Waals surface area contributed by atoms with Gasteiger partial charge in [0.2, 0.25) is 0 Å². The lowest BCUT2D eigenvalue weighted by Gasteiger charge is -2.69. The van der Waals surface area contributed by atoms with E-state index in [0.717, 1.165) is 63.5 Å². The largest absolute Gasteiger partial charge is 0.507 e. The summed E-state index contributed by atoms with van der Waals surface area (Å²) in [5.41, 5.74) is 15.3. The first-order valence-corrected chi connectivity index (χ1v) is 25.1. The fourth-order valence-corrected chi connectivity index (χ4v) is 18.0. The van der Waals surface area contributed by atoms with Crippen molar-refractivity contribution in [1.29, 1.82) is 0 Å². The van der Waals surface area contributed by atoms with E-state index in [4.69, 9.17) is 4.98 Å². The summed E-state index contributed by atoms with van der Waals surface area (Å²) in [7, 11) is 0. The lowest BCUT2D eigenvalue weighted by molar-refractivity contribution is -0.130. The Labute approximate surface area is 384 Å². The first-order valence-electron chi connectivity index (χ1n) is 25.1. The van der Waals surface area contributed by atoms with Crippen LogP contribution in [-0.2, 0) is 10.8 Å². The summed E-state index contributed by atoms with van der Waals surface area (Å²) < 4.78 is 0. The zero-order valence-corrected chi connectivity index (χ0v) is 40.6. The Morgan fingerprint density at radius 1 is 0.531 bits per heavy atom. The van der Waals surface area contributed by atoms with Gasteiger partial charge in [0.15, 0.2) is 0 Å². The van der Waals surface area contributed by atoms with Crippen molar-refractivity contribution in [3.63, 3.8) is 0 Å². The molecule has 3 nitrogen and oxygen atoms in total. The second-order valence-electron chi connectivity index (χ2n) is 25.4. The summed E-state index contributed by atoms with van der Waals surface area (Å²) in [6.45, 7) is 23.7. The second-order valence-corrected chi connectivity index (χ2v) is 25.4. The Balaban J connectivity index is 1.06. The van der Waals surface area contributed by atoms with Gasteiger partial charge in [0, 0.05) is 50.3 Å². The van der Waals surface area contributed by atoms with Gasteiger partial charge in [-0.1, -0.05) is 110 Å². The highest BCUT2D eigenvalue weighted by Crippen LogP contribution is 2.76. The number of hydrogen-bond acceptors (Lipinski definition) is 3. The lowest BCUT2D eigenvalue weighted by atomic mass is 9.35. The first kappa shape index (κ1) is 42.3. The molecule has 1 heterocycles. The quantitative estimate of drug-likeness (QED) is 0.164. The standard InChI is InChI=1S/C61H73NO2/c1-36(2)42-14-16-43(17-15-42)46-20-38(5)23-50(53(46)63)61-30-41-27-58(9,35-61)32-59(10,28-41)55(61)52-13-11-12-51(62-52)47-24-44(37(3)4)18-19-45(47)48-21-39(6)22-49(54(48)64)60-29-40-25-56(7,33-60)31-57(8,26-40)34-60/h11-24,36-37,40-41,55,63-64H,25-35H2,1-10H3/t40?,41-,55?,56-,57+,58+,59-,60?,61+/m1/s1. The molecule has 64 heavy (non-hydrogen) atoms. The molecule has 8 aliphatic carbocycles. The molecular formula is C61H73NO2. The number of pyridine rings is 1. The van der Waals surface area contributed by atoms with Crippen LogP contribution in [0.1, 0.15) is 183 Å². The predicted molar refractivity (Wildman–Crippen MR) is 264 cm³/mol. The average molecular weight is 852 g/mol. The molecule has 3 unspecified atom stereocenters. The third kappa shape index (κ3) is 6.50. The van der Waals surface area contributed by atoms with E-state index in [1.807, 2.05) is 0 Å². The van der Waals surface area contributed by atoms with Crippen molar-refractivity contribution in [2.45, 2.75) is 168 Å². The van der Waals surface area contributed by atoms with Crippen LogP contribution < -0.4 is 0 Å². The maximum atomic E-state index is 12.8. The number of hydrogen-bond donors (Lipinski definition) is 2. The summed E-state index contributed by atoms with van der Waals surface area (Å²) in [6, 6.07) is 31.7. The fourth-order valence-electron chi connectivity index (χ4n) is 18.0. The molecule has 4 aromatic carbocycles. The summed E-state index contributed by atoms with van der Waals surface area (Å²) in [5.74, 6) is 3.25. The first-order chi connectivity index (χ1) is 30.2.